The minimum atomic E-state index is -0.442. The van der Waals surface area contributed by atoms with Crippen LogP contribution in [0.5, 0.6) is 0 Å². The van der Waals surface area contributed by atoms with Crippen LogP contribution in [0.1, 0.15) is 15.9 Å². The molecule has 0 saturated heterocycles. The van der Waals surface area contributed by atoms with E-state index in [0.717, 1.165) is 42.5 Å². The highest BCUT2D eigenvalue weighted by Gasteiger charge is 2.17. The van der Waals surface area contributed by atoms with Crippen molar-refractivity contribution in [3.05, 3.63) is 63.4 Å². The number of amides is 1. The zero-order valence-electron chi connectivity index (χ0n) is 14.1. The number of nitrogens with one attached hydrogen (secondary N) is 1. The average Bonchev–Trinajstić information content (AvgIpc) is 2.89. The summed E-state index contributed by atoms with van der Waals surface area (Å²) in [6.45, 7) is 0. The third-order valence-corrected chi connectivity index (χ3v) is 5.69. The topological polar surface area (TPSA) is 79.8 Å². The monoisotopic (exact) mass is 370 g/mol. The van der Waals surface area contributed by atoms with E-state index >= 15 is 0 Å². The van der Waals surface area contributed by atoms with Crippen LogP contribution >= 0.6 is 11.3 Å². The molecule has 0 radical (unpaired) electrons. The van der Waals surface area contributed by atoms with Crippen LogP contribution in [-0.2, 0) is 0 Å². The predicted octanol–water partition coefficient (Wildman–Crippen LogP) is 2.77. The Labute approximate surface area is 158 Å². The molecule has 2 aliphatic heterocycles. The fourth-order valence-corrected chi connectivity index (χ4v) is 4.46. The number of aliphatic imine (C=N–C) groups is 2. The molecule has 2 aliphatic rings. The minimum Gasteiger partial charge on any atom is -0.366 e. The number of primary amides is 1. The number of carbonyl (C=O) groups is 1. The first-order valence-electron chi connectivity index (χ1n) is 8.42. The predicted molar refractivity (Wildman–Crippen MR) is 113 cm³/mol. The molecular formula is C21H14N4OS. The van der Waals surface area contributed by atoms with E-state index in [-0.39, 0.29) is 0 Å². The molecule has 5 rings (SSSR count). The van der Waals surface area contributed by atoms with Crippen molar-refractivity contribution in [1.82, 2.24) is 0 Å². The van der Waals surface area contributed by atoms with Gasteiger partial charge < -0.3 is 11.1 Å². The second-order valence-electron chi connectivity index (χ2n) is 6.20. The summed E-state index contributed by atoms with van der Waals surface area (Å²) in [5.74, 6) is -0.442. The molecule has 0 aliphatic carbocycles. The first-order valence-corrected chi connectivity index (χ1v) is 9.24. The number of hydrogen-bond donors (Lipinski definition) is 2. The summed E-state index contributed by atoms with van der Waals surface area (Å²) in [6, 6.07) is 11.5. The van der Waals surface area contributed by atoms with Gasteiger partial charge in [-0.3, -0.25) is 14.8 Å². The SMILES string of the molecule is NC(=O)c1ccccc1C1=CC=c2c(ccc3sc4c(c23)N=CC=NC=4)N1. The minimum absolute atomic E-state index is 0.442. The van der Waals surface area contributed by atoms with Gasteiger partial charge in [-0.25, -0.2) is 0 Å². The number of rotatable bonds is 2. The van der Waals surface area contributed by atoms with Crippen LogP contribution in [0.2, 0.25) is 0 Å². The molecule has 0 atom stereocenters. The second kappa shape index (κ2) is 6.03. The third-order valence-electron chi connectivity index (χ3n) is 4.61. The maximum Gasteiger partial charge on any atom is 0.249 e. The number of hydrogen-bond acceptors (Lipinski definition) is 5. The van der Waals surface area contributed by atoms with Crippen molar-refractivity contribution in [2.45, 2.75) is 0 Å². The molecule has 0 unspecified atom stereocenters. The van der Waals surface area contributed by atoms with Crippen LogP contribution < -0.4 is 20.8 Å². The van der Waals surface area contributed by atoms with Gasteiger partial charge in [-0.2, -0.15) is 0 Å². The van der Waals surface area contributed by atoms with E-state index in [1.807, 2.05) is 30.5 Å². The molecule has 3 N–H and O–H groups in total. The maximum absolute atomic E-state index is 11.8. The normalized spacial score (nSPS) is 14.3. The molecule has 3 aromatic rings. The molecule has 6 heteroatoms. The number of carbonyl (C=O) groups excluding carboxylic acids is 1. The summed E-state index contributed by atoms with van der Waals surface area (Å²) >= 11 is 1.68. The van der Waals surface area contributed by atoms with Gasteiger partial charge in [0.25, 0.3) is 0 Å². The zero-order valence-corrected chi connectivity index (χ0v) is 15.0. The van der Waals surface area contributed by atoms with Gasteiger partial charge in [-0.05, 0) is 24.3 Å². The van der Waals surface area contributed by atoms with Crippen molar-refractivity contribution in [3.8, 4) is 0 Å². The Kier molecular flexibility index (Phi) is 3.51. The Bertz CT molecular complexity index is 1330. The standard InChI is InChI=1S/C21H14N4OS/c22-21(26)13-4-2-1-3-12(13)15-6-5-14-16(25-15)7-8-17-19(14)20-18(27-17)11-23-9-10-24-20/h1-11,25H,(H2,22,26). The molecule has 2 aromatic carbocycles. The largest absolute Gasteiger partial charge is 0.366 e. The molecule has 0 spiro atoms. The lowest BCUT2D eigenvalue weighted by Gasteiger charge is -2.17. The smallest absolute Gasteiger partial charge is 0.249 e. The molecule has 5 nitrogen and oxygen atoms in total. The molecule has 27 heavy (non-hydrogen) atoms. The van der Waals surface area contributed by atoms with E-state index in [2.05, 4.69) is 33.5 Å². The summed E-state index contributed by atoms with van der Waals surface area (Å²) in [6.07, 6.45) is 9.30. The lowest BCUT2D eigenvalue weighted by molar-refractivity contribution is 0.1000. The lowest BCUT2D eigenvalue weighted by Crippen LogP contribution is -2.18. The van der Waals surface area contributed by atoms with E-state index in [4.69, 9.17) is 5.73 Å². The van der Waals surface area contributed by atoms with Crippen molar-refractivity contribution < 1.29 is 4.79 Å². The number of nitrogens with two attached hydrogens (primary N) is 1. The van der Waals surface area contributed by atoms with E-state index in [1.165, 1.54) is 0 Å². The summed E-state index contributed by atoms with van der Waals surface area (Å²) in [5.41, 5.74) is 9.57. The van der Waals surface area contributed by atoms with Crippen LogP contribution in [0.25, 0.3) is 28.1 Å². The summed E-state index contributed by atoms with van der Waals surface area (Å²) < 4.78 is 2.21. The molecular weight excluding hydrogens is 356 g/mol. The van der Waals surface area contributed by atoms with Gasteiger partial charge in [0.05, 0.1) is 10.2 Å². The first-order chi connectivity index (χ1) is 13.2. The molecule has 1 amide bonds. The van der Waals surface area contributed by atoms with Crippen molar-refractivity contribution in [2.24, 2.45) is 15.7 Å². The van der Waals surface area contributed by atoms with Crippen LogP contribution in [0, 0.1) is 0 Å². The highest BCUT2D eigenvalue weighted by Crippen LogP contribution is 2.30. The van der Waals surface area contributed by atoms with E-state index in [1.54, 1.807) is 29.8 Å². The van der Waals surface area contributed by atoms with Crippen molar-refractivity contribution in [1.29, 1.82) is 0 Å². The van der Waals surface area contributed by atoms with Gasteiger partial charge in [0.1, 0.15) is 0 Å². The van der Waals surface area contributed by atoms with Crippen LogP contribution in [0.3, 0.4) is 0 Å². The van der Waals surface area contributed by atoms with Crippen LogP contribution in [0.15, 0.2) is 52.5 Å². The van der Waals surface area contributed by atoms with E-state index in [9.17, 15) is 4.79 Å². The number of anilines is 1. The Morgan fingerprint density at radius 3 is 2.85 bits per heavy atom. The summed E-state index contributed by atoms with van der Waals surface area (Å²) in [7, 11) is 0. The van der Waals surface area contributed by atoms with Gasteiger partial charge in [0.15, 0.2) is 0 Å². The van der Waals surface area contributed by atoms with Gasteiger partial charge in [-0.15, -0.1) is 11.3 Å². The van der Waals surface area contributed by atoms with Crippen LogP contribution in [-0.4, -0.2) is 18.3 Å². The van der Waals surface area contributed by atoms with Gasteiger partial charge >= 0.3 is 0 Å². The second-order valence-corrected chi connectivity index (χ2v) is 7.29. The van der Waals surface area contributed by atoms with Crippen LogP contribution in [0.4, 0.5) is 11.4 Å². The van der Waals surface area contributed by atoms with Crippen molar-refractivity contribution >= 4 is 69.1 Å². The van der Waals surface area contributed by atoms with Crippen molar-refractivity contribution in [2.75, 3.05) is 5.32 Å². The lowest BCUT2D eigenvalue weighted by atomic mass is 10.0. The Morgan fingerprint density at radius 2 is 1.96 bits per heavy atom. The third kappa shape index (κ3) is 2.50. The molecule has 0 fully saturated rings. The van der Waals surface area contributed by atoms with E-state index in [0.29, 0.717) is 5.56 Å². The molecule has 0 saturated carbocycles. The highest BCUT2D eigenvalue weighted by molar-refractivity contribution is 7.17. The fourth-order valence-electron chi connectivity index (χ4n) is 3.42. The van der Waals surface area contributed by atoms with Gasteiger partial charge in [0, 0.05) is 56.4 Å². The maximum atomic E-state index is 11.8. The van der Waals surface area contributed by atoms with E-state index < -0.39 is 5.91 Å². The average molecular weight is 370 g/mol. The highest BCUT2D eigenvalue weighted by atomic mass is 32.1. The quantitative estimate of drug-likeness (QED) is 0.727. The number of benzene rings is 2. The Morgan fingerprint density at radius 1 is 1.07 bits per heavy atom. The summed E-state index contributed by atoms with van der Waals surface area (Å²) in [5, 5.41) is 5.64. The summed E-state index contributed by atoms with van der Waals surface area (Å²) in [4.78, 5) is 20.6. The van der Waals surface area contributed by atoms with Gasteiger partial charge in [0.2, 0.25) is 5.91 Å². The number of allylic oxidation sites excluding steroid dienone is 1. The molecule has 130 valence electrons. The molecule has 1 aromatic heterocycles. The first kappa shape index (κ1) is 15.7. The molecule has 0 bridgehead atoms. The zero-order chi connectivity index (χ0) is 18.4. The van der Waals surface area contributed by atoms with Crippen molar-refractivity contribution in [3.63, 3.8) is 0 Å². The van der Waals surface area contributed by atoms with Gasteiger partial charge in [-0.1, -0.05) is 24.3 Å². The fraction of sp³-hybridized carbons (Fsp3) is 0. The molecule has 3 heterocycles. The number of fused-ring (bicyclic) bond motifs is 5. The Hall–Kier alpha value is -3.51. The Balaban J connectivity index is 1.74. The number of thiophene rings is 1. The number of nitrogens with zero attached hydrogens (tertiary/aromatic N) is 2.